The van der Waals surface area contributed by atoms with Crippen LogP contribution < -0.4 is 0 Å². The predicted octanol–water partition coefficient (Wildman–Crippen LogP) is 3.12. The Kier molecular flexibility index (Phi) is 5.99. The van der Waals surface area contributed by atoms with Crippen molar-refractivity contribution in [3.8, 4) is 0 Å². The molecule has 1 amide bonds. The quantitative estimate of drug-likeness (QED) is 0.706. The van der Waals surface area contributed by atoms with Gasteiger partial charge in [0.05, 0.1) is 0 Å². The normalized spacial score (nSPS) is 18.0. The Hall–Kier alpha value is -2.93. The molecule has 1 unspecified atom stereocenters. The maximum atomic E-state index is 12.9. The van der Waals surface area contributed by atoms with Gasteiger partial charge in [-0.15, -0.1) is 0 Å². The largest absolute Gasteiger partial charge is 0.458 e. The van der Waals surface area contributed by atoms with E-state index >= 15 is 0 Å². The number of benzene rings is 1. The molecule has 0 spiro atoms. The van der Waals surface area contributed by atoms with E-state index in [0.29, 0.717) is 24.6 Å². The first-order chi connectivity index (χ1) is 14.6. The van der Waals surface area contributed by atoms with E-state index < -0.39 is 24.3 Å². The molecule has 1 aliphatic heterocycles. The van der Waals surface area contributed by atoms with Gasteiger partial charge in [-0.2, -0.15) is 0 Å². The highest BCUT2D eigenvalue weighted by Gasteiger charge is 2.42. The lowest BCUT2D eigenvalue weighted by Crippen LogP contribution is -2.43. The van der Waals surface area contributed by atoms with E-state index in [9.17, 15) is 14.7 Å². The minimum absolute atomic E-state index is 0.0123. The van der Waals surface area contributed by atoms with Crippen molar-refractivity contribution in [3.05, 3.63) is 65.5 Å². The molecule has 1 saturated carbocycles. The van der Waals surface area contributed by atoms with E-state index in [1.807, 2.05) is 12.3 Å². The summed E-state index contributed by atoms with van der Waals surface area (Å²) >= 11 is 0. The topological polar surface area (TPSA) is 89.0 Å². The molecule has 1 N–H and O–H groups in total. The van der Waals surface area contributed by atoms with E-state index in [1.54, 1.807) is 41.4 Å². The van der Waals surface area contributed by atoms with Gasteiger partial charge < -0.3 is 19.5 Å². The lowest BCUT2D eigenvalue weighted by atomic mass is 9.95. The Morgan fingerprint density at radius 1 is 1.10 bits per heavy atom. The number of hydrogen-bond acceptors (Lipinski definition) is 6. The Morgan fingerprint density at radius 2 is 1.83 bits per heavy atom. The van der Waals surface area contributed by atoms with Crippen molar-refractivity contribution in [2.75, 3.05) is 19.7 Å². The molecule has 2 heterocycles. The van der Waals surface area contributed by atoms with Crippen LogP contribution in [0.1, 0.15) is 48.3 Å². The third-order valence-corrected chi connectivity index (χ3v) is 5.59. The summed E-state index contributed by atoms with van der Waals surface area (Å²) in [6.07, 6.45) is 7.11. The number of likely N-dealkylation sites (tertiary alicyclic amines) is 1. The molecular weight excluding hydrogens is 384 g/mol. The Labute approximate surface area is 175 Å². The molecule has 1 saturated heterocycles. The van der Waals surface area contributed by atoms with Crippen LogP contribution in [0, 0.1) is 0 Å². The molecule has 158 valence electrons. The fraction of sp³-hybridized carbons (Fsp3) is 0.435. The number of rotatable bonds is 7. The molecule has 2 fully saturated rings. The molecule has 7 nitrogen and oxygen atoms in total. The number of aromatic nitrogens is 1. The highest BCUT2D eigenvalue weighted by atomic mass is 16.6. The predicted molar refractivity (Wildman–Crippen MR) is 109 cm³/mol. The SMILES string of the molecule is O=C(OCC(O)(C(=O)OCc1cncc(C2CC2)c1)c1ccccc1)N1CCCC1. The van der Waals surface area contributed by atoms with Crippen LogP contribution in [-0.4, -0.2) is 46.7 Å². The van der Waals surface area contributed by atoms with Gasteiger partial charge in [0.15, 0.2) is 0 Å². The Morgan fingerprint density at radius 3 is 2.53 bits per heavy atom. The van der Waals surface area contributed by atoms with Gasteiger partial charge in [-0.1, -0.05) is 30.3 Å². The van der Waals surface area contributed by atoms with E-state index in [0.717, 1.165) is 36.8 Å². The van der Waals surface area contributed by atoms with Crippen molar-refractivity contribution >= 4 is 12.1 Å². The number of carbonyl (C=O) groups is 2. The van der Waals surface area contributed by atoms with Crippen LogP contribution in [0.5, 0.6) is 0 Å². The Balaban J connectivity index is 1.45. The summed E-state index contributed by atoms with van der Waals surface area (Å²) in [5.74, 6) is -0.320. The van der Waals surface area contributed by atoms with Crippen molar-refractivity contribution in [1.29, 1.82) is 0 Å². The fourth-order valence-electron chi connectivity index (χ4n) is 3.63. The minimum Gasteiger partial charge on any atom is -0.458 e. The maximum absolute atomic E-state index is 12.9. The molecule has 1 atom stereocenters. The summed E-state index contributed by atoms with van der Waals surface area (Å²) in [5.41, 5.74) is 0.130. The third-order valence-electron chi connectivity index (χ3n) is 5.59. The van der Waals surface area contributed by atoms with Gasteiger partial charge in [0, 0.05) is 31.0 Å². The molecule has 2 aromatic rings. The second-order valence-corrected chi connectivity index (χ2v) is 7.95. The van der Waals surface area contributed by atoms with Crippen molar-refractivity contribution < 1.29 is 24.2 Å². The van der Waals surface area contributed by atoms with Crippen LogP contribution in [0.3, 0.4) is 0 Å². The van der Waals surface area contributed by atoms with E-state index in [-0.39, 0.29) is 6.61 Å². The number of aliphatic hydroxyl groups is 1. The second-order valence-electron chi connectivity index (χ2n) is 7.95. The van der Waals surface area contributed by atoms with Crippen LogP contribution in [0.25, 0.3) is 0 Å². The zero-order valence-electron chi connectivity index (χ0n) is 16.8. The number of nitrogens with zero attached hydrogens (tertiary/aromatic N) is 2. The minimum atomic E-state index is -2.09. The van der Waals surface area contributed by atoms with Gasteiger partial charge in [-0.3, -0.25) is 4.98 Å². The van der Waals surface area contributed by atoms with Crippen LogP contribution in [0.2, 0.25) is 0 Å². The molecule has 30 heavy (non-hydrogen) atoms. The number of amides is 1. The smallest absolute Gasteiger partial charge is 0.409 e. The molecular formula is C23H26N2O5. The standard InChI is InChI=1S/C23H26N2O5/c26-21(29-15-17-12-19(14-24-13-17)18-8-9-18)23(28,20-6-2-1-3-7-20)16-30-22(27)25-10-4-5-11-25/h1-3,6-7,12-14,18,28H,4-5,8-11,15-16H2. The number of pyridine rings is 1. The third kappa shape index (κ3) is 4.62. The molecule has 1 aromatic heterocycles. The summed E-state index contributed by atoms with van der Waals surface area (Å²) < 4.78 is 10.7. The van der Waals surface area contributed by atoms with E-state index in [4.69, 9.17) is 9.47 Å². The summed E-state index contributed by atoms with van der Waals surface area (Å²) in [7, 11) is 0. The second kappa shape index (κ2) is 8.83. The molecule has 0 bridgehead atoms. The van der Waals surface area contributed by atoms with Crippen molar-refractivity contribution in [1.82, 2.24) is 9.88 Å². The molecule has 7 heteroatoms. The first-order valence-electron chi connectivity index (χ1n) is 10.4. The molecule has 4 rings (SSSR count). The van der Waals surface area contributed by atoms with Crippen LogP contribution in [0.15, 0.2) is 48.8 Å². The number of hydrogen-bond donors (Lipinski definition) is 1. The molecule has 1 aromatic carbocycles. The van der Waals surface area contributed by atoms with Crippen LogP contribution in [0.4, 0.5) is 4.79 Å². The van der Waals surface area contributed by atoms with E-state index in [1.165, 1.54) is 0 Å². The number of ether oxygens (including phenoxy) is 2. The molecule has 2 aliphatic rings. The van der Waals surface area contributed by atoms with Crippen LogP contribution >= 0.6 is 0 Å². The van der Waals surface area contributed by atoms with Gasteiger partial charge in [0.1, 0.15) is 13.2 Å². The lowest BCUT2D eigenvalue weighted by molar-refractivity contribution is -0.173. The summed E-state index contributed by atoms with van der Waals surface area (Å²) in [4.78, 5) is 31.0. The maximum Gasteiger partial charge on any atom is 0.409 e. The van der Waals surface area contributed by atoms with Crippen molar-refractivity contribution in [3.63, 3.8) is 0 Å². The first kappa shape index (κ1) is 20.3. The fourth-order valence-corrected chi connectivity index (χ4v) is 3.63. The zero-order chi connectivity index (χ0) is 21.0. The number of carbonyl (C=O) groups excluding carboxylic acids is 2. The van der Waals surface area contributed by atoms with Gasteiger partial charge in [-0.05, 0) is 48.8 Å². The van der Waals surface area contributed by atoms with Gasteiger partial charge >= 0.3 is 12.1 Å². The average molecular weight is 410 g/mol. The van der Waals surface area contributed by atoms with Crippen LogP contribution in [-0.2, 0) is 26.5 Å². The van der Waals surface area contributed by atoms with Gasteiger partial charge in [0.25, 0.3) is 0 Å². The monoisotopic (exact) mass is 410 g/mol. The molecule has 0 radical (unpaired) electrons. The Bertz CT molecular complexity index is 893. The molecule has 1 aliphatic carbocycles. The zero-order valence-corrected chi connectivity index (χ0v) is 16.8. The summed E-state index contributed by atoms with van der Waals surface area (Å²) in [6.45, 7) is 0.724. The lowest BCUT2D eigenvalue weighted by Gasteiger charge is -2.27. The number of esters is 1. The summed E-state index contributed by atoms with van der Waals surface area (Å²) in [6, 6.07) is 10.4. The van der Waals surface area contributed by atoms with Gasteiger partial charge in [0.2, 0.25) is 5.60 Å². The van der Waals surface area contributed by atoms with Crippen molar-refractivity contribution in [2.45, 2.75) is 43.8 Å². The summed E-state index contributed by atoms with van der Waals surface area (Å²) in [5, 5.41) is 11.2. The first-order valence-corrected chi connectivity index (χ1v) is 10.4. The highest BCUT2D eigenvalue weighted by molar-refractivity contribution is 5.82. The van der Waals surface area contributed by atoms with E-state index in [2.05, 4.69) is 4.98 Å². The van der Waals surface area contributed by atoms with Crippen molar-refractivity contribution in [2.24, 2.45) is 0 Å². The van der Waals surface area contributed by atoms with Gasteiger partial charge in [-0.25, -0.2) is 9.59 Å². The highest BCUT2D eigenvalue weighted by Crippen LogP contribution is 2.39. The average Bonchev–Trinajstić information content (AvgIpc) is 3.50.